The van der Waals surface area contributed by atoms with Gasteiger partial charge in [0.25, 0.3) is 5.56 Å². The van der Waals surface area contributed by atoms with Crippen LogP contribution in [0.2, 0.25) is 0 Å². The minimum Gasteiger partial charge on any atom is -0.508 e. The minimum absolute atomic E-state index is 0.130. The fourth-order valence-electron chi connectivity index (χ4n) is 4.88. The molecule has 0 radical (unpaired) electrons. The molecule has 0 unspecified atom stereocenters. The van der Waals surface area contributed by atoms with Crippen molar-refractivity contribution in [1.29, 1.82) is 0 Å². The van der Waals surface area contributed by atoms with E-state index in [0.29, 0.717) is 46.7 Å². The number of piperidine rings is 1. The lowest BCUT2D eigenvalue weighted by atomic mass is 9.96. The van der Waals surface area contributed by atoms with Crippen LogP contribution in [0.15, 0.2) is 71.5 Å². The lowest BCUT2D eigenvalue weighted by Gasteiger charge is -2.35. The summed E-state index contributed by atoms with van der Waals surface area (Å²) in [5.74, 6) is 1.71. The predicted molar refractivity (Wildman–Crippen MR) is 139 cm³/mol. The van der Waals surface area contributed by atoms with Crippen molar-refractivity contribution in [2.75, 3.05) is 13.1 Å². The summed E-state index contributed by atoms with van der Waals surface area (Å²) in [5.41, 5.74) is 1.21. The molecule has 0 aliphatic carbocycles. The van der Waals surface area contributed by atoms with E-state index in [2.05, 4.69) is 18.7 Å². The van der Waals surface area contributed by atoms with Gasteiger partial charge in [0.1, 0.15) is 28.9 Å². The molecule has 1 N–H and O–H groups in total. The molecule has 0 amide bonds. The molecule has 6 nitrogen and oxygen atoms in total. The van der Waals surface area contributed by atoms with Crippen LogP contribution in [0.4, 0.5) is 4.39 Å². The smallest absolute Gasteiger partial charge is 0.261 e. The molecule has 7 heteroatoms. The summed E-state index contributed by atoms with van der Waals surface area (Å²) in [4.78, 5) is 21.2. The van der Waals surface area contributed by atoms with Crippen LogP contribution in [0.5, 0.6) is 17.2 Å². The van der Waals surface area contributed by atoms with Crippen molar-refractivity contribution in [2.24, 2.45) is 5.92 Å². The van der Waals surface area contributed by atoms with Crippen LogP contribution in [-0.2, 0) is 6.54 Å². The number of aromatic hydroxyl groups is 1. The molecule has 186 valence electrons. The summed E-state index contributed by atoms with van der Waals surface area (Å²) >= 11 is 0. The summed E-state index contributed by atoms with van der Waals surface area (Å²) in [6.07, 6.45) is 2.15. The van der Waals surface area contributed by atoms with E-state index in [4.69, 9.17) is 9.72 Å². The van der Waals surface area contributed by atoms with Crippen LogP contribution in [0.25, 0.3) is 22.3 Å². The van der Waals surface area contributed by atoms with Gasteiger partial charge < -0.3 is 14.7 Å². The van der Waals surface area contributed by atoms with Gasteiger partial charge in [-0.3, -0.25) is 9.36 Å². The van der Waals surface area contributed by atoms with Crippen molar-refractivity contribution >= 4 is 10.9 Å². The first-order valence-electron chi connectivity index (χ1n) is 12.4. The van der Waals surface area contributed by atoms with Gasteiger partial charge in [-0.25, -0.2) is 9.37 Å². The third-order valence-electron chi connectivity index (χ3n) is 6.82. The van der Waals surface area contributed by atoms with Gasteiger partial charge in [0.2, 0.25) is 0 Å². The van der Waals surface area contributed by atoms with Crippen molar-refractivity contribution in [2.45, 2.75) is 39.3 Å². The number of phenols is 1. The quantitative estimate of drug-likeness (QED) is 0.371. The molecular weight excluding hydrogens is 457 g/mol. The molecule has 0 spiro atoms. The number of likely N-dealkylation sites (tertiary alicyclic amines) is 1. The van der Waals surface area contributed by atoms with Crippen molar-refractivity contribution in [1.82, 2.24) is 14.5 Å². The van der Waals surface area contributed by atoms with Gasteiger partial charge in [-0.1, -0.05) is 0 Å². The SMILES string of the molecule is CC(C)N1CCC[C@@H](Cn2c(-c3ccc(O)cc3)nc3ccc(Oc4ccc(F)cc4)cc3c2=O)C1. The van der Waals surface area contributed by atoms with Crippen LogP contribution in [0, 0.1) is 11.7 Å². The molecule has 36 heavy (non-hydrogen) atoms. The van der Waals surface area contributed by atoms with Crippen LogP contribution in [0.1, 0.15) is 26.7 Å². The molecule has 4 aromatic rings. The van der Waals surface area contributed by atoms with E-state index < -0.39 is 0 Å². The van der Waals surface area contributed by atoms with E-state index >= 15 is 0 Å². The summed E-state index contributed by atoms with van der Waals surface area (Å²) in [5, 5.41) is 10.2. The Hall–Kier alpha value is -3.71. The van der Waals surface area contributed by atoms with E-state index in [9.17, 15) is 14.3 Å². The molecule has 1 fully saturated rings. The Morgan fingerprint density at radius 3 is 2.50 bits per heavy atom. The highest BCUT2D eigenvalue weighted by molar-refractivity contribution is 5.81. The second kappa shape index (κ2) is 10.1. The molecule has 0 bridgehead atoms. The number of fused-ring (bicyclic) bond motifs is 1. The number of hydrogen-bond acceptors (Lipinski definition) is 5. The number of ether oxygens (including phenoxy) is 1. The summed E-state index contributed by atoms with van der Waals surface area (Å²) in [7, 11) is 0. The Kier molecular flexibility index (Phi) is 6.74. The first-order valence-corrected chi connectivity index (χ1v) is 12.4. The van der Waals surface area contributed by atoms with Crippen molar-refractivity contribution in [3.05, 3.63) is 82.9 Å². The van der Waals surface area contributed by atoms with Crippen molar-refractivity contribution < 1.29 is 14.2 Å². The topological polar surface area (TPSA) is 67.6 Å². The van der Waals surface area contributed by atoms with E-state index in [1.807, 2.05) is 0 Å². The van der Waals surface area contributed by atoms with E-state index in [1.165, 1.54) is 12.1 Å². The molecule has 1 aromatic heterocycles. The number of nitrogens with zero attached hydrogens (tertiary/aromatic N) is 3. The van der Waals surface area contributed by atoms with Gasteiger partial charge in [0, 0.05) is 24.7 Å². The monoisotopic (exact) mass is 487 g/mol. The molecule has 0 saturated carbocycles. The molecule has 1 aliphatic rings. The second-order valence-corrected chi connectivity index (χ2v) is 9.73. The molecular formula is C29H30FN3O3. The predicted octanol–water partition coefficient (Wildman–Crippen LogP) is 5.82. The van der Waals surface area contributed by atoms with E-state index in [0.717, 1.165) is 31.5 Å². The summed E-state index contributed by atoms with van der Waals surface area (Å²) in [6.45, 7) is 6.98. The number of aromatic nitrogens is 2. The zero-order chi connectivity index (χ0) is 25.2. The van der Waals surface area contributed by atoms with Crippen LogP contribution in [0.3, 0.4) is 0 Å². The normalized spacial score (nSPS) is 16.5. The van der Waals surface area contributed by atoms with Gasteiger partial charge in [0.05, 0.1) is 10.9 Å². The average molecular weight is 488 g/mol. The Labute approximate surface area is 209 Å². The van der Waals surface area contributed by atoms with Gasteiger partial charge in [-0.2, -0.15) is 0 Å². The molecule has 5 rings (SSSR count). The molecule has 3 aromatic carbocycles. The van der Waals surface area contributed by atoms with Crippen LogP contribution >= 0.6 is 0 Å². The number of benzene rings is 3. The largest absolute Gasteiger partial charge is 0.508 e. The third-order valence-corrected chi connectivity index (χ3v) is 6.82. The summed E-state index contributed by atoms with van der Waals surface area (Å²) in [6, 6.07) is 18.2. The minimum atomic E-state index is -0.339. The second-order valence-electron chi connectivity index (χ2n) is 9.73. The van der Waals surface area contributed by atoms with Gasteiger partial charge in [0.15, 0.2) is 0 Å². The highest BCUT2D eigenvalue weighted by Crippen LogP contribution is 2.28. The Morgan fingerprint density at radius 2 is 1.78 bits per heavy atom. The Bertz CT molecular complexity index is 1420. The lowest BCUT2D eigenvalue weighted by molar-refractivity contribution is 0.130. The Balaban J connectivity index is 1.56. The number of hydrogen-bond donors (Lipinski definition) is 1. The summed E-state index contributed by atoms with van der Waals surface area (Å²) < 4.78 is 20.9. The van der Waals surface area contributed by atoms with Gasteiger partial charge in [-0.05, 0) is 106 Å². The van der Waals surface area contributed by atoms with Gasteiger partial charge >= 0.3 is 0 Å². The first kappa shape index (κ1) is 24.0. The number of halogens is 1. The van der Waals surface area contributed by atoms with Crippen molar-refractivity contribution in [3.63, 3.8) is 0 Å². The number of phenolic OH excluding ortho intramolecular Hbond substituents is 1. The maximum Gasteiger partial charge on any atom is 0.261 e. The molecule has 1 atom stereocenters. The molecule has 2 heterocycles. The van der Waals surface area contributed by atoms with Crippen molar-refractivity contribution in [3.8, 4) is 28.6 Å². The highest BCUT2D eigenvalue weighted by atomic mass is 19.1. The first-order chi connectivity index (χ1) is 17.4. The average Bonchev–Trinajstić information content (AvgIpc) is 2.88. The maximum atomic E-state index is 13.9. The van der Waals surface area contributed by atoms with Gasteiger partial charge in [-0.15, -0.1) is 0 Å². The zero-order valence-electron chi connectivity index (χ0n) is 20.5. The van der Waals surface area contributed by atoms with Crippen LogP contribution < -0.4 is 10.3 Å². The van der Waals surface area contributed by atoms with E-state index in [1.54, 1.807) is 59.2 Å². The fraction of sp³-hybridized carbons (Fsp3) is 0.310. The third kappa shape index (κ3) is 5.11. The Morgan fingerprint density at radius 1 is 1.06 bits per heavy atom. The standard InChI is InChI=1S/C29H30FN3O3/c1-19(2)32-15-3-4-20(17-32)18-33-28(21-5-9-23(34)10-6-21)31-27-14-13-25(16-26(27)29(33)35)36-24-11-7-22(30)8-12-24/h5-14,16,19-20,34H,3-4,15,17-18H2,1-2H3/t20-/m1/s1. The van der Waals surface area contributed by atoms with Crippen LogP contribution in [-0.4, -0.2) is 38.7 Å². The van der Waals surface area contributed by atoms with E-state index in [-0.39, 0.29) is 17.1 Å². The molecule has 1 aliphatic heterocycles. The zero-order valence-corrected chi connectivity index (χ0v) is 20.5. The highest BCUT2D eigenvalue weighted by Gasteiger charge is 2.24. The fourth-order valence-corrected chi connectivity index (χ4v) is 4.88. The lowest BCUT2D eigenvalue weighted by Crippen LogP contribution is -2.42. The molecule has 1 saturated heterocycles. The maximum absolute atomic E-state index is 13.9. The number of rotatable bonds is 6.